The van der Waals surface area contributed by atoms with E-state index in [1.165, 1.54) is 32.1 Å². The van der Waals surface area contributed by atoms with E-state index in [9.17, 15) is 9.90 Å². The zero-order chi connectivity index (χ0) is 13.8. The maximum atomic E-state index is 11.5. The van der Waals surface area contributed by atoms with Gasteiger partial charge in [0, 0.05) is 0 Å². The van der Waals surface area contributed by atoms with Gasteiger partial charge in [-0.15, -0.1) is 0 Å². The zero-order valence-electron chi connectivity index (χ0n) is 12.6. The lowest BCUT2D eigenvalue weighted by Crippen LogP contribution is -2.24. The van der Waals surface area contributed by atoms with Gasteiger partial charge in [-0.3, -0.25) is 4.79 Å². The first-order valence-corrected chi connectivity index (χ1v) is 7.90. The van der Waals surface area contributed by atoms with Gasteiger partial charge in [-0.25, -0.2) is 0 Å². The third kappa shape index (κ3) is 7.73. The standard InChI is InChI=1S/C16H32O2/c1-4-7-10-13-15(16(17)18)14(11-8-5-2)12-9-6-3/h14-15H,4-13H2,1-3H3,(H,17,18). The lowest BCUT2D eigenvalue weighted by atomic mass is 9.81. The SMILES string of the molecule is CCCCCC(C(=O)O)C(CCCC)CCCC. The quantitative estimate of drug-likeness (QED) is 0.483. The number of hydrogen-bond acceptors (Lipinski definition) is 1. The molecular formula is C16H32O2. The highest BCUT2D eigenvalue weighted by molar-refractivity contribution is 5.70. The van der Waals surface area contributed by atoms with Crippen LogP contribution in [-0.4, -0.2) is 11.1 Å². The topological polar surface area (TPSA) is 37.3 Å². The maximum absolute atomic E-state index is 11.5. The number of aliphatic carboxylic acids is 1. The first-order valence-electron chi connectivity index (χ1n) is 7.90. The molecule has 0 bridgehead atoms. The van der Waals surface area contributed by atoms with Gasteiger partial charge in [-0.05, 0) is 25.2 Å². The van der Waals surface area contributed by atoms with E-state index >= 15 is 0 Å². The first-order chi connectivity index (χ1) is 8.67. The fraction of sp³-hybridized carbons (Fsp3) is 0.938. The van der Waals surface area contributed by atoms with E-state index < -0.39 is 5.97 Å². The Bertz CT molecular complexity index is 193. The Morgan fingerprint density at radius 1 is 0.833 bits per heavy atom. The zero-order valence-corrected chi connectivity index (χ0v) is 12.6. The average Bonchev–Trinajstić information content (AvgIpc) is 2.35. The molecular weight excluding hydrogens is 224 g/mol. The molecule has 0 aromatic carbocycles. The molecule has 0 spiro atoms. The van der Waals surface area contributed by atoms with E-state index in [0.717, 1.165) is 32.1 Å². The van der Waals surface area contributed by atoms with Gasteiger partial charge in [0.25, 0.3) is 0 Å². The molecule has 1 unspecified atom stereocenters. The van der Waals surface area contributed by atoms with Crippen molar-refractivity contribution >= 4 is 5.97 Å². The van der Waals surface area contributed by atoms with Gasteiger partial charge in [-0.2, -0.15) is 0 Å². The minimum Gasteiger partial charge on any atom is -0.481 e. The van der Waals surface area contributed by atoms with Gasteiger partial charge < -0.3 is 5.11 Å². The Balaban J connectivity index is 4.36. The summed E-state index contributed by atoms with van der Waals surface area (Å²) in [6.45, 7) is 6.54. The molecule has 1 N–H and O–H groups in total. The minimum absolute atomic E-state index is 0.102. The van der Waals surface area contributed by atoms with Crippen LogP contribution < -0.4 is 0 Å². The van der Waals surface area contributed by atoms with Gasteiger partial charge in [0.2, 0.25) is 0 Å². The van der Waals surface area contributed by atoms with Crippen LogP contribution in [0.3, 0.4) is 0 Å². The van der Waals surface area contributed by atoms with Gasteiger partial charge in [0.1, 0.15) is 0 Å². The highest BCUT2D eigenvalue weighted by Crippen LogP contribution is 2.29. The molecule has 0 aromatic rings. The summed E-state index contributed by atoms with van der Waals surface area (Å²) in [6, 6.07) is 0. The summed E-state index contributed by atoms with van der Waals surface area (Å²) in [7, 11) is 0. The third-order valence-electron chi connectivity index (χ3n) is 3.86. The summed E-state index contributed by atoms with van der Waals surface area (Å²) in [5.74, 6) is -0.266. The summed E-state index contributed by atoms with van der Waals surface area (Å²) in [4.78, 5) is 11.5. The van der Waals surface area contributed by atoms with Crippen LogP contribution in [0.4, 0.5) is 0 Å². The van der Waals surface area contributed by atoms with Crippen molar-refractivity contribution in [2.24, 2.45) is 11.8 Å². The molecule has 0 rings (SSSR count). The van der Waals surface area contributed by atoms with Crippen LogP contribution in [0.25, 0.3) is 0 Å². The second kappa shape index (κ2) is 11.6. The van der Waals surface area contributed by atoms with Crippen LogP contribution in [0.5, 0.6) is 0 Å². The predicted octanol–water partition coefficient (Wildman–Crippen LogP) is 5.26. The monoisotopic (exact) mass is 256 g/mol. The normalized spacial score (nSPS) is 12.9. The van der Waals surface area contributed by atoms with Crippen LogP contribution in [0.15, 0.2) is 0 Å². The summed E-state index contributed by atoms with van der Waals surface area (Å²) in [5.41, 5.74) is 0. The number of hydrogen-bond donors (Lipinski definition) is 1. The largest absolute Gasteiger partial charge is 0.481 e. The summed E-state index contributed by atoms with van der Waals surface area (Å²) in [6.07, 6.45) is 11.2. The molecule has 1 atom stereocenters. The van der Waals surface area contributed by atoms with Crippen LogP contribution in [0.1, 0.15) is 85.0 Å². The van der Waals surface area contributed by atoms with Crippen molar-refractivity contribution < 1.29 is 9.90 Å². The van der Waals surface area contributed by atoms with E-state index in [1.54, 1.807) is 0 Å². The molecule has 2 heteroatoms. The molecule has 0 aromatic heterocycles. The van der Waals surface area contributed by atoms with Crippen LogP contribution >= 0.6 is 0 Å². The number of carbonyl (C=O) groups is 1. The maximum Gasteiger partial charge on any atom is 0.306 e. The fourth-order valence-electron chi connectivity index (χ4n) is 2.65. The molecule has 2 nitrogen and oxygen atoms in total. The van der Waals surface area contributed by atoms with Gasteiger partial charge in [0.15, 0.2) is 0 Å². The van der Waals surface area contributed by atoms with Crippen molar-refractivity contribution in [3.63, 3.8) is 0 Å². The number of unbranched alkanes of at least 4 members (excludes halogenated alkanes) is 4. The molecule has 0 saturated carbocycles. The second-order valence-electron chi connectivity index (χ2n) is 5.49. The van der Waals surface area contributed by atoms with E-state index in [2.05, 4.69) is 20.8 Å². The first kappa shape index (κ1) is 17.5. The molecule has 0 heterocycles. The summed E-state index contributed by atoms with van der Waals surface area (Å²) >= 11 is 0. The average molecular weight is 256 g/mol. The van der Waals surface area contributed by atoms with Crippen molar-refractivity contribution in [1.82, 2.24) is 0 Å². The Morgan fingerprint density at radius 3 is 1.72 bits per heavy atom. The highest BCUT2D eigenvalue weighted by atomic mass is 16.4. The Labute approximate surface area is 113 Å². The molecule has 0 aliphatic carbocycles. The smallest absolute Gasteiger partial charge is 0.306 e. The van der Waals surface area contributed by atoms with Crippen LogP contribution in [0.2, 0.25) is 0 Å². The van der Waals surface area contributed by atoms with Crippen molar-refractivity contribution in [3.8, 4) is 0 Å². The molecule has 0 saturated heterocycles. The van der Waals surface area contributed by atoms with Crippen molar-refractivity contribution in [2.75, 3.05) is 0 Å². The predicted molar refractivity (Wildman–Crippen MR) is 77.8 cm³/mol. The molecule has 108 valence electrons. The molecule has 18 heavy (non-hydrogen) atoms. The number of carboxylic acids is 1. The van der Waals surface area contributed by atoms with E-state index in [4.69, 9.17) is 0 Å². The molecule has 0 aliphatic heterocycles. The van der Waals surface area contributed by atoms with Crippen molar-refractivity contribution in [2.45, 2.75) is 85.0 Å². The summed E-state index contributed by atoms with van der Waals surface area (Å²) < 4.78 is 0. The van der Waals surface area contributed by atoms with Gasteiger partial charge >= 0.3 is 5.97 Å². The fourth-order valence-corrected chi connectivity index (χ4v) is 2.65. The van der Waals surface area contributed by atoms with Crippen LogP contribution in [0, 0.1) is 11.8 Å². The number of rotatable bonds is 12. The molecule has 0 fully saturated rings. The van der Waals surface area contributed by atoms with Gasteiger partial charge in [0.05, 0.1) is 5.92 Å². The Kier molecular flexibility index (Phi) is 11.2. The number of carboxylic acid groups (broad SMARTS) is 1. The minimum atomic E-state index is -0.566. The Morgan fingerprint density at radius 2 is 1.33 bits per heavy atom. The van der Waals surface area contributed by atoms with E-state index in [1.807, 2.05) is 0 Å². The molecule has 0 amide bonds. The van der Waals surface area contributed by atoms with Crippen LogP contribution in [-0.2, 0) is 4.79 Å². The lowest BCUT2D eigenvalue weighted by molar-refractivity contribution is -0.144. The lowest BCUT2D eigenvalue weighted by Gasteiger charge is -2.24. The molecule has 0 aliphatic rings. The van der Waals surface area contributed by atoms with Crippen molar-refractivity contribution in [1.29, 1.82) is 0 Å². The third-order valence-corrected chi connectivity index (χ3v) is 3.86. The Hall–Kier alpha value is -0.530. The summed E-state index contributed by atoms with van der Waals surface area (Å²) in [5, 5.41) is 9.44. The van der Waals surface area contributed by atoms with Crippen molar-refractivity contribution in [3.05, 3.63) is 0 Å². The highest BCUT2D eigenvalue weighted by Gasteiger charge is 2.26. The van der Waals surface area contributed by atoms with Gasteiger partial charge in [-0.1, -0.05) is 65.7 Å². The van der Waals surface area contributed by atoms with E-state index in [-0.39, 0.29) is 5.92 Å². The van der Waals surface area contributed by atoms with E-state index in [0.29, 0.717) is 5.92 Å². The molecule has 0 radical (unpaired) electrons. The second-order valence-corrected chi connectivity index (χ2v) is 5.49.